The number of nitrogens with zero attached hydrogens (tertiary/aromatic N) is 3. The molecule has 1 unspecified atom stereocenters. The van der Waals surface area contributed by atoms with Crippen LogP contribution in [0.25, 0.3) is 0 Å². The minimum atomic E-state index is -1.73. The summed E-state index contributed by atoms with van der Waals surface area (Å²) in [6.07, 6.45) is -1.54. The van der Waals surface area contributed by atoms with Gasteiger partial charge in [0.1, 0.15) is 11.2 Å². The average molecular weight is 327 g/mol. The van der Waals surface area contributed by atoms with Crippen molar-refractivity contribution in [2.75, 3.05) is 13.1 Å². The van der Waals surface area contributed by atoms with Crippen LogP contribution in [0.15, 0.2) is 0 Å². The van der Waals surface area contributed by atoms with Gasteiger partial charge in [0.15, 0.2) is 5.60 Å². The molecule has 1 fully saturated rings. The van der Waals surface area contributed by atoms with Gasteiger partial charge in [-0.25, -0.2) is 19.6 Å². The fourth-order valence-corrected chi connectivity index (χ4v) is 1.90. The molecule has 0 aromatic rings. The van der Waals surface area contributed by atoms with E-state index in [9.17, 15) is 14.7 Å². The van der Waals surface area contributed by atoms with Crippen LogP contribution in [0, 0.1) is 11.3 Å². The topological polar surface area (TPSA) is 103 Å². The van der Waals surface area contributed by atoms with E-state index in [2.05, 4.69) is 0 Å². The zero-order valence-electron chi connectivity index (χ0n) is 14.5. The monoisotopic (exact) mass is 327 g/mol. The van der Waals surface area contributed by atoms with E-state index in [-0.39, 0.29) is 19.5 Å². The minimum Gasteiger partial charge on any atom is -0.442 e. The zero-order valence-corrected chi connectivity index (χ0v) is 14.5. The molecule has 0 spiro atoms. The van der Waals surface area contributed by atoms with Crippen molar-refractivity contribution in [3.05, 3.63) is 0 Å². The Bertz CT molecular complexity index is 515. The molecule has 0 aliphatic carbocycles. The first-order valence-electron chi connectivity index (χ1n) is 7.41. The maximum absolute atomic E-state index is 12.3. The van der Waals surface area contributed by atoms with E-state index in [4.69, 9.17) is 14.7 Å². The van der Waals surface area contributed by atoms with Crippen LogP contribution in [-0.4, -0.2) is 57.2 Å². The molecule has 0 saturated carbocycles. The highest BCUT2D eigenvalue weighted by Gasteiger charge is 2.44. The Hall–Kier alpha value is -2.01. The number of carbonyl (C=O) groups is 2. The van der Waals surface area contributed by atoms with E-state index >= 15 is 0 Å². The van der Waals surface area contributed by atoms with Gasteiger partial charge in [-0.1, -0.05) is 0 Å². The first-order valence-corrected chi connectivity index (χ1v) is 7.41. The van der Waals surface area contributed by atoms with E-state index in [1.54, 1.807) is 47.6 Å². The number of hydrogen-bond acceptors (Lipinski definition) is 6. The van der Waals surface area contributed by atoms with Crippen LogP contribution in [0.5, 0.6) is 0 Å². The van der Waals surface area contributed by atoms with Gasteiger partial charge in [0.25, 0.3) is 0 Å². The van der Waals surface area contributed by atoms with Crippen molar-refractivity contribution < 1.29 is 24.2 Å². The number of rotatable bonds is 0. The van der Waals surface area contributed by atoms with E-state index in [1.165, 1.54) is 0 Å². The van der Waals surface area contributed by atoms with Crippen LogP contribution in [-0.2, 0) is 9.47 Å². The molecule has 8 nitrogen and oxygen atoms in total. The highest BCUT2D eigenvalue weighted by Crippen LogP contribution is 2.24. The summed E-state index contributed by atoms with van der Waals surface area (Å²) >= 11 is 0. The van der Waals surface area contributed by atoms with Gasteiger partial charge in [-0.05, 0) is 41.5 Å². The van der Waals surface area contributed by atoms with Gasteiger partial charge < -0.3 is 14.6 Å². The van der Waals surface area contributed by atoms with Crippen molar-refractivity contribution in [1.29, 1.82) is 5.26 Å². The third-order valence-corrected chi connectivity index (χ3v) is 2.86. The van der Waals surface area contributed by atoms with Crippen molar-refractivity contribution in [3.8, 4) is 6.07 Å². The second kappa shape index (κ2) is 6.24. The van der Waals surface area contributed by atoms with Gasteiger partial charge in [-0.3, -0.25) is 0 Å². The SMILES string of the molecule is CC(C)(C)OC(=O)N1CCC(O)(C#N)CN1C(=O)OC(C)(C)C. The van der Waals surface area contributed by atoms with Crippen LogP contribution in [0.1, 0.15) is 48.0 Å². The maximum Gasteiger partial charge on any atom is 0.429 e. The first-order chi connectivity index (χ1) is 10.3. The molecule has 1 saturated heterocycles. The highest BCUT2D eigenvalue weighted by atomic mass is 16.6. The van der Waals surface area contributed by atoms with Crippen LogP contribution in [0.2, 0.25) is 0 Å². The average Bonchev–Trinajstić information content (AvgIpc) is 2.34. The molecule has 1 aliphatic rings. The Kier molecular flexibility index (Phi) is 5.16. The lowest BCUT2D eigenvalue weighted by Crippen LogP contribution is -2.62. The van der Waals surface area contributed by atoms with E-state index in [0.717, 1.165) is 10.0 Å². The fourth-order valence-electron chi connectivity index (χ4n) is 1.90. The molecular weight excluding hydrogens is 302 g/mol. The van der Waals surface area contributed by atoms with E-state index in [1.807, 2.05) is 0 Å². The molecule has 1 aliphatic heterocycles. The number of β-amino-alcohol motifs (C(OH)–C–C–N with tert-alkyl or cyclic N) is 1. The summed E-state index contributed by atoms with van der Waals surface area (Å²) in [6.45, 7) is 9.78. The summed E-state index contributed by atoms with van der Waals surface area (Å²) in [5.74, 6) is 0. The molecule has 0 radical (unpaired) electrons. The van der Waals surface area contributed by atoms with Gasteiger partial charge in [0.05, 0.1) is 19.2 Å². The lowest BCUT2D eigenvalue weighted by Gasteiger charge is -2.43. The third-order valence-electron chi connectivity index (χ3n) is 2.86. The van der Waals surface area contributed by atoms with Crippen molar-refractivity contribution in [2.24, 2.45) is 0 Å². The molecule has 1 heterocycles. The van der Waals surface area contributed by atoms with Gasteiger partial charge in [0, 0.05) is 6.42 Å². The molecule has 0 aromatic carbocycles. The molecule has 1 atom stereocenters. The molecule has 2 amide bonds. The van der Waals surface area contributed by atoms with Gasteiger partial charge in [-0.2, -0.15) is 5.26 Å². The lowest BCUT2D eigenvalue weighted by atomic mass is 9.99. The lowest BCUT2D eigenvalue weighted by molar-refractivity contribution is -0.113. The van der Waals surface area contributed by atoms with Crippen LogP contribution >= 0.6 is 0 Å². The summed E-state index contributed by atoms with van der Waals surface area (Å²) < 4.78 is 10.5. The molecule has 1 rings (SSSR count). The van der Waals surface area contributed by atoms with E-state index < -0.39 is 29.0 Å². The Labute approximate surface area is 136 Å². The summed E-state index contributed by atoms with van der Waals surface area (Å²) in [7, 11) is 0. The number of hydrazine groups is 1. The standard InChI is InChI=1S/C15H25N3O5/c1-13(2,3)22-11(19)17-8-7-15(21,9-16)10-18(17)12(20)23-14(4,5)6/h21H,7-8,10H2,1-6H3. The summed E-state index contributed by atoms with van der Waals surface area (Å²) in [5.41, 5.74) is -3.24. The smallest absolute Gasteiger partial charge is 0.429 e. The summed E-state index contributed by atoms with van der Waals surface area (Å²) in [6, 6.07) is 1.76. The molecule has 23 heavy (non-hydrogen) atoms. The largest absolute Gasteiger partial charge is 0.442 e. The quantitative estimate of drug-likeness (QED) is 0.683. The highest BCUT2D eigenvalue weighted by molar-refractivity contribution is 5.75. The molecular formula is C15H25N3O5. The van der Waals surface area contributed by atoms with Gasteiger partial charge in [0.2, 0.25) is 0 Å². The van der Waals surface area contributed by atoms with Gasteiger partial charge >= 0.3 is 12.2 Å². The number of aliphatic hydroxyl groups is 1. The summed E-state index contributed by atoms with van der Waals surface area (Å²) in [5, 5.41) is 21.2. The Balaban J connectivity index is 3.01. The molecule has 130 valence electrons. The Morgan fingerprint density at radius 2 is 1.48 bits per heavy atom. The summed E-state index contributed by atoms with van der Waals surface area (Å²) in [4.78, 5) is 24.6. The van der Waals surface area contributed by atoms with Crippen molar-refractivity contribution >= 4 is 12.2 Å². The predicted octanol–water partition coefficient (Wildman–Crippen LogP) is 2.03. The molecule has 1 N–H and O–H groups in total. The van der Waals surface area contributed by atoms with Crippen LogP contribution < -0.4 is 0 Å². The fraction of sp³-hybridized carbons (Fsp3) is 0.800. The van der Waals surface area contributed by atoms with E-state index in [0.29, 0.717) is 0 Å². The molecule has 8 heteroatoms. The second-order valence-electron chi connectivity index (χ2n) is 7.53. The maximum atomic E-state index is 12.3. The van der Waals surface area contributed by atoms with Crippen LogP contribution in [0.4, 0.5) is 9.59 Å². The van der Waals surface area contributed by atoms with Crippen molar-refractivity contribution in [2.45, 2.75) is 64.8 Å². The van der Waals surface area contributed by atoms with Gasteiger partial charge in [-0.15, -0.1) is 0 Å². The number of hydrogen-bond donors (Lipinski definition) is 1. The van der Waals surface area contributed by atoms with Crippen molar-refractivity contribution in [1.82, 2.24) is 10.0 Å². The third kappa shape index (κ3) is 5.60. The predicted molar refractivity (Wildman–Crippen MR) is 81.1 cm³/mol. The molecule has 0 aromatic heterocycles. The normalized spacial score (nSPS) is 22.3. The minimum absolute atomic E-state index is 0.0159. The number of carbonyl (C=O) groups excluding carboxylic acids is 2. The first kappa shape index (κ1) is 19.0. The zero-order chi connectivity index (χ0) is 18.1. The Morgan fingerprint density at radius 1 is 1.04 bits per heavy atom. The number of amides is 2. The molecule has 0 bridgehead atoms. The van der Waals surface area contributed by atoms with Crippen molar-refractivity contribution in [3.63, 3.8) is 0 Å². The van der Waals surface area contributed by atoms with Crippen LogP contribution in [0.3, 0.4) is 0 Å². The Morgan fingerprint density at radius 3 is 1.87 bits per heavy atom. The number of ether oxygens (including phenoxy) is 2. The number of nitriles is 1. The second-order valence-corrected chi connectivity index (χ2v) is 7.53.